The minimum atomic E-state index is -0.312. The second-order valence-corrected chi connectivity index (χ2v) is 6.81. The fourth-order valence-electron chi connectivity index (χ4n) is 3.21. The number of carbonyl (C=O) groups is 1. The maximum Gasteiger partial charge on any atom is 0.339 e. The van der Waals surface area contributed by atoms with Crippen molar-refractivity contribution in [2.45, 2.75) is 19.9 Å². The van der Waals surface area contributed by atoms with Gasteiger partial charge < -0.3 is 21.0 Å². The summed E-state index contributed by atoms with van der Waals surface area (Å²) in [6.07, 6.45) is 7.65. The van der Waals surface area contributed by atoms with Crippen molar-refractivity contribution in [3.05, 3.63) is 94.3 Å². The van der Waals surface area contributed by atoms with Crippen LogP contribution < -0.4 is 11.7 Å². The highest BCUT2D eigenvalue weighted by molar-refractivity contribution is 5.91. The van der Waals surface area contributed by atoms with Gasteiger partial charge in [-0.15, -0.1) is 0 Å². The lowest BCUT2D eigenvalue weighted by Crippen LogP contribution is -2.06. The van der Waals surface area contributed by atoms with Crippen molar-refractivity contribution in [2.75, 3.05) is 6.61 Å². The highest BCUT2D eigenvalue weighted by Crippen LogP contribution is 2.19. The van der Waals surface area contributed by atoms with Crippen LogP contribution in [-0.4, -0.2) is 29.6 Å². The molecule has 0 spiro atoms. The molecule has 0 saturated carbocycles. The van der Waals surface area contributed by atoms with Gasteiger partial charge in [-0.3, -0.25) is 0 Å². The standard InChI is InChI=1S/C23H25N5O2/c1-2-30-23(29)22-16-28(14-20-9-7-19(8-10-20)13-27-25)15-21(22)11-17-3-5-18(6-4-17)12-26-24/h3-10,12-13,15-16H,2,11,14,24-25H2,1H3. The van der Waals surface area contributed by atoms with Gasteiger partial charge in [-0.05, 0) is 41.2 Å². The van der Waals surface area contributed by atoms with Crippen molar-refractivity contribution in [2.24, 2.45) is 21.9 Å². The van der Waals surface area contributed by atoms with E-state index in [-0.39, 0.29) is 5.97 Å². The molecule has 2 aromatic carbocycles. The number of ether oxygens (including phenoxy) is 1. The molecule has 0 atom stereocenters. The smallest absolute Gasteiger partial charge is 0.339 e. The van der Waals surface area contributed by atoms with Gasteiger partial charge in [0.15, 0.2) is 0 Å². The van der Waals surface area contributed by atoms with Crippen molar-refractivity contribution >= 4 is 18.4 Å². The zero-order valence-electron chi connectivity index (χ0n) is 16.9. The molecule has 0 saturated heterocycles. The van der Waals surface area contributed by atoms with E-state index in [0.717, 1.165) is 27.8 Å². The van der Waals surface area contributed by atoms with Crippen molar-refractivity contribution in [1.82, 2.24) is 4.57 Å². The third kappa shape index (κ3) is 5.35. The summed E-state index contributed by atoms with van der Waals surface area (Å²) in [5, 5.41) is 7.07. The third-order valence-corrected chi connectivity index (χ3v) is 4.62. The lowest BCUT2D eigenvalue weighted by Gasteiger charge is -2.04. The van der Waals surface area contributed by atoms with E-state index in [9.17, 15) is 4.79 Å². The van der Waals surface area contributed by atoms with E-state index in [4.69, 9.17) is 16.4 Å². The van der Waals surface area contributed by atoms with Crippen molar-refractivity contribution in [3.8, 4) is 0 Å². The SMILES string of the molecule is CCOC(=O)c1cn(Cc2ccc(C=NN)cc2)cc1Cc1ccc(C=NN)cc1. The highest BCUT2D eigenvalue weighted by atomic mass is 16.5. The molecule has 0 unspecified atom stereocenters. The Morgan fingerprint density at radius 2 is 1.50 bits per heavy atom. The quantitative estimate of drug-likeness (QED) is 0.261. The molecule has 7 heteroatoms. The Hall–Kier alpha value is -3.87. The molecule has 0 aliphatic rings. The first kappa shape index (κ1) is 20.9. The van der Waals surface area contributed by atoms with Crippen LogP contribution in [0.2, 0.25) is 0 Å². The molecule has 1 heterocycles. The van der Waals surface area contributed by atoms with Crippen LogP contribution in [0.3, 0.4) is 0 Å². The molecule has 0 bridgehead atoms. The number of nitrogens with two attached hydrogens (primary N) is 2. The number of hydrazone groups is 2. The first-order valence-corrected chi connectivity index (χ1v) is 9.63. The second-order valence-electron chi connectivity index (χ2n) is 6.81. The van der Waals surface area contributed by atoms with E-state index in [2.05, 4.69) is 10.2 Å². The number of carbonyl (C=O) groups excluding carboxylic acids is 1. The maximum atomic E-state index is 12.5. The molecule has 3 aromatic rings. The Kier molecular flexibility index (Phi) is 7.00. The van der Waals surface area contributed by atoms with Gasteiger partial charge in [-0.2, -0.15) is 10.2 Å². The normalized spacial score (nSPS) is 11.4. The Morgan fingerprint density at radius 3 is 2.03 bits per heavy atom. The van der Waals surface area contributed by atoms with Gasteiger partial charge in [0, 0.05) is 18.9 Å². The first-order chi connectivity index (χ1) is 14.6. The molecular weight excluding hydrogens is 378 g/mol. The fraction of sp³-hybridized carbons (Fsp3) is 0.174. The van der Waals surface area contributed by atoms with Crippen molar-refractivity contribution in [3.63, 3.8) is 0 Å². The Labute approximate surface area is 175 Å². The maximum absolute atomic E-state index is 12.5. The summed E-state index contributed by atoms with van der Waals surface area (Å²) in [5.74, 6) is 10.1. The van der Waals surface area contributed by atoms with Crippen LogP contribution in [0.5, 0.6) is 0 Å². The third-order valence-electron chi connectivity index (χ3n) is 4.62. The van der Waals surface area contributed by atoms with Crippen molar-refractivity contribution in [1.29, 1.82) is 0 Å². The zero-order valence-corrected chi connectivity index (χ0v) is 16.9. The minimum absolute atomic E-state index is 0.312. The number of esters is 1. The van der Waals surface area contributed by atoms with E-state index in [0.29, 0.717) is 25.1 Å². The lowest BCUT2D eigenvalue weighted by molar-refractivity contribution is 0.0525. The Morgan fingerprint density at radius 1 is 0.933 bits per heavy atom. The molecule has 0 radical (unpaired) electrons. The number of benzene rings is 2. The van der Waals surface area contributed by atoms with Crippen molar-refractivity contribution < 1.29 is 9.53 Å². The van der Waals surface area contributed by atoms with E-state index >= 15 is 0 Å². The zero-order chi connectivity index (χ0) is 21.3. The molecule has 4 N–H and O–H groups in total. The average Bonchev–Trinajstić information content (AvgIpc) is 3.14. The van der Waals surface area contributed by atoms with Gasteiger partial charge >= 0.3 is 5.97 Å². The molecule has 1 aromatic heterocycles. The summed E-state index contributed by atoms with van der Waals surface area (Å²) >= 11 is 0. The van der Waals surface area contributed by atoms with Gasteiger partial charge in [0.05, 0.1) is 24.6 Å². The van der Waals surface area contributed by atoms with E-state index < -0.39 is 0 Å². The number of aromatic nitrogens is 1. The molecule has 30 heavy (non-hydrogen) atoms. The van der Waals surface area contributed by atoms with Crippen LogP contribution in [0.25, 0.3) is 0 Å². The summed E-state index contributed by atoms with van der Waals surface area (Å²) in [6, 6.07) is 15.8. The van der Waals surface area contributed by atoms with E-state index in [1.54, 1.807) is 19.4 Å². The first-order valence-electron chi connectivity index (χ1n) is 9.63. The fourth-order valence-corrected chi connectivity index (χ4v) is 3.21. The Balaban J connectivity index is 1.83. The average molecular weight is 403 g/mol. The van der Waals surface area contributed by atoms with Crippen LogP contribution in [0.1, 0.15) is 45.1 Å². The topological polar surface area (TPSA) is 108 Å². The second kappa shape index (κ2) is 10.1. The van der Waals surface area contributed by atoms with Gasteiger partial charge in [0.1, 0.15) is 0 Å². The van der Waals surface area contributed by atoms with Gasteiger partial charge in [-0.1, -0.05) is 48.5 Å². The van der Waals surface area contributed by atoms with Gasteiger partial charge in [-0.25, -0.2) is 4.79 Å². The predicted octanol–water partition coefficient (Wildman–Crippen LogP) is 2.89. The molecule has 0 aliphatic carbocycles. The van der Waals surface area contributed by atoms with Crippen LogP contribution >= 0.6 is 0 Å². The molecule has 0 amide bonds. The largest absolute Gasteiger partial charge is 0.462 e. The monoisotopic (exact) mass is 403 g/mol. The molecular formula is C23H25N5O2. The summed E-state index contributed by atoms with van der Waals surface area (Å²) in [6.45, 7) is 2.78. The number of nitrogens with zero attached hydrogens (tertiary/aromatic N) is 3. The minimum Gasteiger partial charge on any atom is -0.462 e. The summed E-state index contributed by atoms with van der Waals surface area (Å²) in [7, 11) is 0. The lowest BCUT2D eigenvalue weighted by atomic mass is 10.0. The van der Waals surface area contributed by atoms with E-state index in [1.165, 1.54) is 0 Å². The van der Waals surface area contributed by atoms with E-state index in [1.807, 2.05) is 65.5 Å². The summed E-state index contributed by atoms with van der Waals surface area (Å²) < 4.78 is 7.26. The Bertz CT molecular complexity index is 1030. The molecule has 154 valence electrons. The van der Waals surface area contributed by atoms with Gasteiger partial charge in [0.2, 0.25) is 0 Å². The molecule has 3 rings (SSSR count). The molecule has 7 nitrogen and oxygen atoms in total. The predicted molar refractivity (Wildman–Crippen MR) is 119 cm³/mol. The molecule has 0 fully saturated rings. The number of hydrogen-bond acceptors (Lipinski definition) is 6. The number of rotatable bonds is 8. The van der Waals surface area contributed by atoms with Crippen LogP contribution in [-0.2, 0) is 17.7 Å². The van der Waals surface area contributed by atoms with Gasteiger partial charge in [0.25, 0.3) is 0 Å². The summed E-state index contributed by atoms with van der Waals surface area (Å²) in [4.78, 5) is 12.5. The summed E-state index contributed by atoms with van der Waals surface area (Å²) in [5.41, 5.74) is 5.54. The van der Waals surface area contributed by atoms with Crippen LogP contribution in [0.15, 0.2) is 71.1 Å². The number of hydrogen-bond donors (Lipinski definition) is 2. The highest BCUT2D eigenvalue weighted by Gasteiger charge is 2.16. The van der Waals surface area contributed by atoms with Crippen LogP contribution in [0, 0.1) is 0 Å². The molecule has 0 aliphatic heterocycles. The van der Waals surface area contributed by atoms with Crippen LogP contribution in [0.4, 0.5) is 0 Å².